The molecule has 1 heterocycles. The molecule has 0 amide bonds. The molecule has 0 aliphatic heterocycles. The van der Waals surface area contributed by atoms with Crippen molar-refractivity contribution < 1.29 is 0 Å². The van der Waals surface area contributed by atoms with Crippen molar-refractivity contribution in [2.24, 2.45) is 11.8 Å². The molecular weight excluding hydrogens is 266 g/mol. The molecule has 1 fully saturated rings. The third-order valence-corrected chi connectivity index (χ3v) is 6.03. The maximum Gasteiger partial charge on any atom is 0.0705 e. The first kappa shape index (κ1) is 12.6. The van der Waals surface area contributed by atoms with E-state index in [0.29, 0.717) is 11.8 Å². The number of aromatic nitrogens is 1. The minimum absolute atomic E-state index is 0.564. The number of pyridine rings is 1. The Labute approximate surface area is 132 Å². The van der Waals surface area contributed by atoms with Gasteiger partial charge < -0.3 is 0 Å². The number of hydrogen-bond acceptors (Lipinski definition) is 1. The van der Waals surface area contributed by atoms with Gasteiger partial charge in [-0.25, -0.2) is 0 Å². The number of nitrogens with zero attached hydrogens (tertiary/aromatic N) is 1. The summed E-state index contributed by atoms with van der Waals surface area (Å²) >= 11 is 0. The summed E-state index contributed by atoms with van der Waals surface area (Å²) in [6, 6.07) is 15.2. The molecule has 1 aromatic carbocycles. The van der Waals surface area contributed by atoms with E-state index in [1.165, 1.54) is 42.5 Å². The lowest BCUT2D eigenvalue weighted by Crippen LogP contribution is -2.37. The first-order chi connectivity index (χ1) is 10.9. The van der Waals surface area contributed by atoms with Crippen LogP contribution in [-0.2, 0) is 0 Å². The minimum atomic E-state index is 0.564. The van der Waals surface area contributed by atoms with Gasteiger partial charge in [0.05, 0.1) is 11.4 Å². The van der Waals surface area contributed by atoms with E-state index in [1.54, 1.807) is 0 Å². The van der Waals surface area contributed by atoms with Crippen LogP contribution >= 0.6 is 0 Å². The van der Waals surface area contributed by atoms with Gasteiger partial charge in [-0.15, -0.1) is 0 Å². The zero-order chi connectivity index (χ0) is 14.5. The normalized spacial score (nSPS) is 31.6. The van der Waals surface area contributed by atoms with Crippen LogP contribution in [0.5, 0.6) is 0 Å². The van der Waals surface area contributed by atoms with E-state index in [0.717, 1.165) is 17.5 Å². The molecular formula is C21H21N. The third kappa shape index (κ3) is 1.75. The fraction of sp³-hybridized carbons (Fsp3) is 0.381. The summed E-state index contributed by atoms with van der Waals surface area (Å²) in [5, 5.41) is 0. The highest BCUT2D eigenvalue weighted by Crippen LogP contribution is 2.56. The Morgan fingerprint density at radius 2 is 1.50 bits per heavy atom. The van der Waals surface area contributed by atoms with Gasteiger partial charge in [0.2, 0.25) is 0 Å². The van der Waals surface area contributed by atoms with E-state index in [-0.39, 0.29) is 0 Å². The minimum Gasteiger partial charge on any atom is -0.252 e. The highest BCUT2D eigenvalue weighted by atomic mass is 14.8. The topological polar surface area (TPSA) is 12.9 Å². The zero-order valence-electron chi connectivity index (χ0n) is 12.8. The number of rotatable bonds is 1. The molecule has 4 atom stereocenters. The fourth-order valence-electron chi connectivity index (χ4n) is 5.04. The lowest BCUT2D eigenvalue weighted by Gasteiger charge is -2.48. The average Bonchev–Trinajstić information content (AvgIpc) is 2.62. The van der Waals surface area contributed by atoms with E-state index in [9.17, 15) is 0 Å². The second-order valence-corrected chi connectivity index (χ2v) is 7.09. The molecule has 1 aromatic heterocycles. The summed E-state index contributed by atoms with van der Waals surface area (Å²) in [6.45, 7) is 0. The van der Waals surface area contributed by atoms with Crippen molar-refractivity contribution in [1.82, 2.24) is 4.98 Å². The molecule has 22 heavy (non-hydrogen) atoms. The molecule has 6 rings (SSSR count). The zero-order valence-corrected chi connectivity index (χ0v) is 12.8. The molecule has 4 aliphatic carbocycles. The molecule has 2 bridgehead atoms. The van der Waals surface area contributed by atoms with Crippen molar-refractivity contribution in [3.63, 3.8) is 0 Å². The lowest BCUT2D eigenvalue weighted by molar-refractivity contribution is 0.171. The summed E-state index contributed by atoms with van der Waals surface area (Å²) in [5.74, 6) is 2.91. The van der Waals surface area contributed by atoms with Crippen LogP contribution in [0.4, 0.5) is 0 Å². The molecule has 110 valence electrons. The van der Waals surface area contributed by atoms with Crippen LogP contribution in [0.25, 0.3) is 11.3 Å². The molecule has 1 nitrogen and oxygen atoms in total. The third-order valence-electron chi connectivity index (χ3n) is 6.03. The number of hydrogen-bond donors (Lipinski definition) is 0. The van der Waals surface area contributed by atoms with Gasteiger partial charge in [0.25, 0.3) is 0 Å². The highest BCUT2D eigenvalue weighted by Gasteiger charge is 2.45. The van der Waals surface area contributed by atoms with Crippen LogP contribution in [-0.4, -0.2) is 4.98 Å². The number of benzene rings is 1. The van der Waals surface area contributed by atoms with Crippen molar-refractivity contribution in [1.29, 1.82) is 0 Å². The Morgan fingerprint density at radius 3 is 2.32 bits per heavy atom. The van der Waals surface area contributed by atoms with Gasteiger partial charge >= 0.3 is 0 Å². The van der Waals surface area contributed by atoms with Crippen LogP contribution in [0.15, 0.2) is 54.6 Å². The molecule has 0 spiro atoms. The van der Waals surface area contributed by atoms with E-state index in [2.05, 4.69) is 54.6 Å². The fourth-order valence-corrected chi connectivity index (χ4v) is 5.04. The molecule has 0 saturated heterocycles. The SMILES string of the molecule is C1=CC2c3nc(-c4ccccc4)ccc3C1[C@@H]1CCCC[C@@H]21. The van der Waals surface area contributed by atoms with Crippen molar-refractivity contribution >= 4 is 0 Å². The Bertz CT molecular complexity index is 731. The van der Waals surface area contributed by atoms with Gasteiger partial charge in [-0.3, -0.25) is 4.98 Å². The maximum atomic E-state index is 5.11. The quantitative estimate of drug-likeness (QED) is 0.648. The van der Waals surface area contributed by atoms with Crippen LogP contribution < -0.4 is 0 Å². The van der Waals surface area contributed by atoms with Crippen molar-refractivity contribution in [2.45, 2.75) is 37.5 Å². The first-order valence-corrected chi connectivity index (χ1v) is 8.66. The Morgan fingerprint density at radius 1 is 0.773 bits per heavy atom. The summed E-state index contributed by atoms with van der Waals surface area (Å²) in [6.07, 6.45) is 10.6. The predicted octanol–water partition coefficient (Wildman–Crippen LogP) is 5.31. The van der Waals surface area contributed by atoms with E-state index in [1.807, 2.05) is 0 Å². The molecule has 1 heteroatoms. The van der Waals surface area contributed by atoms with Gasteiger partial charge in [0.1, 0.15) is 0 Å². The van der Waals surface area contributed by atoms with Gasteiger partial charge in [0.15, 0.2) is 0 Å². The monoisotopic (exact) mass is 287 g/mol. The molecule has 0 radical (unpaired) electrons. The summed E-state index contributed by atoms with van der Waals surface area (Å²) in [5.41, 5.74) is 5.25. The summed E-state index contributed by atoms with van der Waals surface area (Å²) in [7, 11) is 0. The highest BCUT2D eigenvalue weighted by molar-refractivity contribution is 5.61. The maximum absolute atomic E-state index is 5.11. The smallest absolute Gasteiger partial charge is 0.0705 e. The first-order valence-electron chi connectivity index (χ1n) is 8.66. The van der Waals surface area contributed by atoms with Gasteiger partial charge in [-0.2, -0.15) is 0 Å². The molecule has 1 saturated carbocycles. The van der Waals surface area contributed by atoms with Crippen LogP contribution in [0.2, 0.25) is 0 Å². The van der Waals surface area contributed by atoms with Gasteiger partial charge in [-0.05, 0) is 36.3 Å². The second kappa shape index (κ2) is 4.81. The van der Waals surface area contributed by atoms with Gasteiger partial charge in [-0.1, -0.05) is 61.4 Å². The lowest BCUT2D eigenvalue weighted by atomic mass is 9.57. The second-order valence-electron chi connectivity index (χ2n) is 7.09. The average molecular weight is 287 g/mol. The molecule has 2 unspecified atom stereocenters. The van der Waals surface area contributed by atoms with Crippen molar-refractivity contribution in [3.05, 3.63) is 65.9 Å². The molecule has 2 aromatic rings. The van der Waals surface area contributed by atoms with Crippen molar-refractivity contribution in [2.75, 3.05) is 0 Å². The van der Waals surface area contributed by atoms with Crippen LogP contribution in [0.1, 0.15) is 48.8 Å². The number of allylic oxidation sites excluding steroid dienone is 2. The standard InChI is InChI=1S/C21H21N/c1-2-6-14(7-3-1)20-13-12-19-17-10-11-18(21(19)22-20)16-9-5-4-8-15(16)17/h1-3,6-7,10-13,15-18H,4-5,8-9H2/t15-,16-,17?,18?/m1/s1. The van der Waals surface area contributed by atoms with Crippen molar-refractivity contribution in [3.8, 4) is 11.3 Å². The van der Waals surface area contributed by atoms with Crippen LogP contribution in [0, 0.1) is 11.8 Å². The summed E-state index contributed by atoms with van der Waals surface area (Å²) < 4.78 is 0. The Kier molecular flexibility index (Phi) is 2.76. The molecule has 4 aliphatic rings. The van der Waals surface area contributed by atoms with Gasteiger partial charge in [0, 0.05) is 17.4 Å². The van der Waals surface area contributed by atoms with E-state index < -0.39 is 0 Å². The van der Waals surface area contributed by atoms with E-state index >= 15 is 0 Å². The summed E-state index contributed by atoms with van der Waals surface area (Å²) in [4.78, 5) is 5.11. The largest absolute Gasteiger partial charge is 0.252 e. The Balaban J connectivity index is 1.62. The van der Waals surface area contributed by atoms with Crippen LogP contribution in [0.3, 0.4) is 0 Å². The predicted molar refractivity (Wildman–Crippen MR) is 89.7 cm³/mol. The Hall–Kier alpha value is -1.89. The molecule has 0 N–H and O–H groups in total. The van der Waals surface area contributed by atoms with E-state index in [4.69, 9.17) is 4.98 Å².